The minimum absolute atomic E-state index is 0.173. The number of hydrogen-bond acceptors (Lipinski definition) is 7. The van der Waals surface area contributed by atoms with Crippen LogP contribution in [0.4, 0.5) is 10.6 Å². The monoisotopic (exact) mass is 517 g/mol. The Balaban J connectivity index is 1.39. The zero-order valence-electron chi connectivity index (χ0n) is 19.3. The van der Waals surface area contributed by atoms with E-state index in [-0.39, 0.29) is 21.8 Å². The van der Waals surface area contributed by atoms with Gasteiger partial charge in [-0.15, -0.1) is 16.7 Å². The van der Waals surface area contributed by atoms with Crippen LogP contribution in [0.2, 0.25) is 5.15 Å². The summed E-state index contributed by atoms with van der Waals surface area (Å²) in [5, 5.41) is 13.8. The van der Waals surface area contributed by atoms with Crippen molar-refractivity contribution in [3.05, 3.63) is 52.9 Å². The number of nitrogens with zero attached hydrogens (tertiary/aromatic N) is 5. The van der Waals surface area contributed by atoms with Gasteiger partial charge in [-0.2, -0.15) is 0 Å². The van der Waals surface area contributed by atoms with E-state index in [1.54, 1.807) is 44.4 Å². The highest BCUT2D eigenvalue weighted by Crippen LogP contribution is 2.40. The third-order valence-corrected chi connectivity index (χ3v) is 6.82. The fourth-order valence-electron chi connectivity index (χ4n) is 3.70. The van der Waals surface area contributed by atoms with Gasteiger partial charge >= 0.3 is 6.09 Å². The average molecular weight is 518 g/mol. The summed E-state index contributed by atoms with van der Waals surface area (Å²) in [5.74, 6) is 0.0601. The number of aromatic nitrogens is 5. The van der Waals surface area contributed by atoms with Crippen molar-refractivity contribution in [3.63, 3.8) is 0 Å². The number of carbonyl (C=O) groups is 2. The van der Waals surface area contributed by atoms with E-state index < -0.39 is 12.2 Å². The van der Waals surface area contributed by atoms with Crippen LogP contribution < -0.4 is 10.6 Å². The number of aryl methyl sites for hydroxylation is 1. The van der Waals surface area contributed by atoms with Gasteiger partial charge in [0, 0.05) is 36.4 Å². The van der Waals surface area contributed by atoms with Crippen molar-refractivity contribution in [2.45, 2.75) is 43.6 Å². The summed E-state index contributed by atoms with van der Waals surface area (Å²) in [7, 11) is 1.63. The standard InChI is InChI=1S/C23H25Cl2N7O3/c1-14(16-5-3-11-26-19(16)24)35-22(34)29-20-18(30-31-32(20)2)17-7-6-15(13-28-17)21(33)27-12-10-23(25)8-4-9-23/h3,5-7,11,13-14H,4,8-10,12H2,1-2H3,(H,27,33)(H,29,34)/t14-/m1/s1. The number of nitrogens with one attached hydrogen (secondary N) is 2. The first-order chi connectivity index (χ1) is 16.8. The van der Waals surface area contributed by atoms with E-state index in [0.29, 0.717) is 29.1 Å². The zero-order valence-corrected chi connectivity index (χ0v) is 20.8. The number of hydrogen-bond donors (Lipinski definition) is 2. The normalized spacial score (nSPS) is 15.1. The Morgan fingerprint density at radius 3 is 2.71 bits per heavy atom. The largest absolute Gasteiger partial charge is 0.441 e. The van der Waals surface area contributed by atoms with E-state index >= 15 is 0 Å². The molecule has 0 spiro atoms. The van der Waals surface area contributed by atoms with Gasteiger partial charge in [-0.05, 0) is 50.8 Å². The molecule has 0 bridgehead atoms. The second-order valence-corrected chi connectivity index (χ2v) is 9.57. The predicted octanol–water partition coefficient (Wildman–Crippen LogP) is 4.52. The predicted molar refractivity (Wildman–Crippen MR) is 131 cm³/mol. The maximum Gasteiger partial charge on any atom is 0.413 e. The lowest BCUT2D eigenvalue weighted by atomic mass is 9.82. The molecule has 1 atom stereocenters. The molecule has 2 N–H and O–H groups in total. The number of carbonyl (C=O) groups excluding carboxylic acids is 2. The van der Waals surface area contributed by atoms with Crippen LogP contribution in [-0.4, -0.2) is 48.4 Å². The van der Waals surface area contributed by atoms with Crippen molar-refractivity contribution in [3.8, 4) is 11.4 Å². The van der Waals surface area contributed by atoms with Crippen LogP contribution in [0.25, 0.3) is 11.4 Å². The summed E-state index contributed by atoms with van der Waals surface area (Å²) >= 11 is 12.5. The topological polar surface area (TPSA) is 124 Å². The van der Waals surface area contributed by atoms with Gasteiger partial charge in [0.25, 0.3) is 5.91 Å². The van der Waals surface area contributed by atoms with Crippen molar-refractivity contribution >= 4 is 41.0 Å². The summed E-state index contributed by atoms with van der Waals surface area (Å²) < 4.78 is 6.83. The van der Waals surface area contributed by atoms with E-state index in [2.05, 4.69) is 30.9 Å². The second kappa shape index (κ2) is 10.6. The molecule has 0 saturated heterocycles. The number of rotatable bonds is 8. The number of amides is 2. The fourth-order valence-corrected chi connectivity index (χ4v) is 4.34. The van der Waals surface area contributed by atoms with Crippen LogP contribution in [0, 0.1) is 0 Å². The highest BCUT2D eigenvalue weighted by Gasteiger charge is 2.34. The van der Waals surface area contributed by atoms with Crippen molar-refractivity contribution in [2.24, 2.45) is 7.05 Å². The molecule has 35 heavy (non-hydrogen) atoms. The SMILES string of the molecule is C[C@@H](OC(=O)Nc1c(-c2ccc(C(=O)NCCC3(Cl)CCC3)cn2)nnn1C)c1cccnc1Cl. The Labute approximate surface area is 212 Å². The molecule has 184 valence electrons. The van der Waals surface area contributed by atoms with Crippen LogP contribution in [-0.2, 0) is 11.8 Å². The first-order valence-electron chi connectivity index (χ1n) is 11.2. The van der Waals surface area contributed by atoms with Crippen molar-refractivity contribution in [1.29, 1.82) is 0 Å². The molecule has 0 radical (unpaired) electrons. The molecule has 12 heteroatoms. The van der Waals surface area contributed by atoms with Gasteiger partial charge in [0.2, 0.25) is 0 Å². The number of anilines is 1. The van der Waals surface area contributed by atoms with E-state index in [9.17, 15) is 9.59 Å². The number of halogens is 2. The summed E-state index contributed by atoms with van der Waals surface area (Å²) in [4.78, 5) is 33.1. The van der Waals surface area contributed by atoms with E-state index in [1.165, 1.54) is 10.9 Å². The summed E-state index contributed by atoms with van der Waals surface area (Å²) in [6, 6.07) is 6.72. The highest BCUT2D eigenvalue weighted by molar-refractivity contribution is 6.30. The zero-order chi connectivity index (χ0) is 25.0. The Morgan fingerprint density at radius 1 is 1.26 bits per heavy atom. The maximum atomic E-state index is 12.5. The van der Waals surface area contributed by atoms with Gasteiger partial charge in [0.15, 0.2) is 11.5 Å². The van der Waals surface area contributed by atoms with Gasteiger partial charge in [-0.25, -0.2) is 14.5 Å². The lowest BCUT2D eigenvalue weighted by Crippen LogP contribution is -2.36. The average Bonchev–Trinajstić information content (AvgIpc) is 3.18. The fraction of sp³-hybridized carbons (Fsp3) is 0.391. The first-order valence-corrected chi connectivity index (χ1v) is 11.9. The van der Waals surface area contributed by atoms with Crippen LogP contribution in [0.5, 0.6) is 0 Å². The molecule has 3 aromatic rings. The molecule has 1 aliphatic carbocycles. The first kappa shape index (κ1) is 24.9. The highest BCUT2D eigenvalue weighted by atomic mass is 35.5. The van der Waals surface area contributed by atoms with Crippen LogP contribution in [0.1, 0.15) is 54.6 Å². The Kier molecular flexibility index (Phi) is 7.51. The van der Waals surface area contributed by atoms with E-state index in [4.69, 9.17) is 27.9 Å². The van der Waals surface area contributed by atoms with Crippen LogP contribution in [0.15, 0.2) is 36.7 Å². The molecule has 3 heterocycles. The second-order valence-electron chi connectivity index (χ2n) is 8.41. The number of alkyl halides is 1. The van der Waals surface area contributed by atoms with Crippen molar-refractivity contribution < 1.29 is 14.3 Å². The number of ether oxygens (including phenoxy) is 1. The Morgan fingerprint density at radius 2 is 2.06 bits per heavy atom. The van der Waals surface area contributed by atoms with Gasteiger partial charge in [-0.1, -0.05) is 22.9 Å². The quantitative estimate of drug-likeness (QED) is 0.332. The third-order valence-electron chi connectivity index (χ3n) is 5.93. The molecule has 1 aliphatic rings. The Bertz CT molecular complexity index is 1210. The van der Waals surface area contributed by atoms with Crippen molar-refractivity contribution in [1.82, 2.24) is 30.3 Å². The molecule has 0 unspecified atom stereocenters. The van der Waals surface area contributed by atoms with E-state index in [1.807, 2.05) is 0 Å². The van der Waals surface area contributed by atoms with Gasteiger partial charge in [-0.3, -0.25) is 15.1 Å². The van der Waals surface area contributed by atoms with E-state index in [0.717, 1.165) is 25.7 Å². The minimum atomic E-state index is -0.719. The smallest absolute Gasteiger partial charge is 0.413 e. The van der Waals surface area contributed by atoms with Gasteiger partial charge in [0.1, 0.15) is 11.3 Å². The summed E-state index contributed by atoms with van der Waals surface area (Å²) in [6.07, 6.45) is 5.50. The molecular weight excluding hydrogens is 493 g/mol. The lowest BCUT2D eigenvalue weighted by molar-refractivity contribution is 0.0949. The summed E-state index contributed by atoms with van der Waals surface area (Å²) in [6.45, 7) is 2.20. The number of pyridine rings is 2. The molecule has 4 rings (SSSR count). The molecule has 0 aromatic carbocycles. The molecule has 10 nitrogen and oxygen atoms in total. The molecule has 3 aromatic heterocycles. The van der Waals surface area contributed by atoms with Crippen LogP contribution >= 0.6 is 23.2 Å². The maximum absolute atomic E-state index is 12.5. The Hall–Kier alpha value is -3.24. The van der Waals surface area contributed by atoms with Crippen LogP contribution in [0.3, 0.4) is 0 Å². The molecular formula is C23H25Cl2N7O3. The minimum Gasteiger partial charge on any atom is -0.441 e. The van der Waals surface area contributed by atoms with Crippen molar-refractivity contribution in [2.75, 3.05) is 11.9 Å². The lowest BCUT2D eigenvalue weighted by Gasteiger charge is -2.35. The molecule has 2 amide bonds. The molecule has 1 saturated carbocycles. The van der Waals surface area contributed by atoms with Gasteiger partial charge in [0.05, 0.1) is 11.3 Å². The molecule has 1 fully saturated rings. The molecule has 0 aliphatic heterocycles. The van der Waals surface area contributed by atoms with Gasteiger partial charge < -0.3 is 10.1 Å². The summed E-state index contributed by atoms with van der Waals surface area (Å²) in [5.41, 5.74) is 1.75. The third kappa shape index (κ3) is 5.88.